The van der Waals surface area contributed by atoms with E-state index in [1.54, 1.807) is 18.9 Å². The largest absolute Gasteiger partial charge is 0.454 e. The van der Waals surface area contributed by atoms with Crippen LogP contribution < -0.4 is 9.47 Å². The molecule has 0 radical (unpaired) electrons. The maximum Gasteiger partial charge on any atom is 0.231 e. The molecule has 1 amide bonds. The molecule has 1 unspecified atom stereocenters. The molecule has 4 nitrogen and oxygen atoms in total. The van der Waals surface area contributed by atoms with Crippen molar-refractivity contribution in [2.24, 2.45) is 5.41 Å². The fourth-order valence-electron chi connectivity index (χ4n) is 2.44. The number of amides is 1. The van der Waals surface area contributed by atoms with Crippen LogP contribution in [0.5, 0.6) is 11.5 Å². The van der Waals surface area contributed by atoms with Gasteiger partial charge in [-0.05, 0) is 31.0 Å². The molecule has 1 fully saturated rings. The number of alkyl halides is 2. The molecule has 0 saturated heterocycles. The van der Waals surface area contributed by atoms with Gasteiger partial charge in [-0.25, -0.2) is 0 Å². The zero-order valence-corrected chi connectivity index (χ0v) is 12.8. The highest BCUT2D eigenvalue weighted by molar-refractivity contribution is 6.53. The Balaban J connectivity index is 1.70. The number of hydrogen-bond acceptors (Lipinski definition) is 3. The Labute approximate surface area is 127 Å². The third-order valence-electron chi connectivity index (χ3n) is 3.93. The number of fused-ring (bicyclic) bond motifs is 1. The summed E-state index contributed by atoms with van der Waals surface area (Å²) in [4.78, 5) is 14.0. The maximum absolute atomic E-state index is 12.4. The number of benzene rings is 1. The summed E-state index contributed by atoms with van der Waals surface area (Å²) in [5.41, 5.74) is 0.297. The molecule has 1 aromatic carbocycles. The molecule has 1 aromatic rings. The first-order valence-corrected chi connectivity index (χ1v) is 7.11. The molecule has 1 saturated carbocycles. The van der Waals surface area contributed by atoms with Crippen molar-refractivity contribution in [2.45, 2.75) is 24.2 Å². The van der Waals surface area contributed by atoms with Crippen molar-refractivity contribution >= 4 is 29.1 Å². The quantitative estimate of drug-likeness (QED) is 0.805. The van der Waals surface area contributed by atoms with Crippen LogP contribution in [0.25, 0.3) is 0 Å². The highest BCUT2D eigenvalue weighted by Crippen LogP contribution is 2.64. The molecule has 1 aliphatic carbocycles. The summed E-state index contributed by atoms with van der Waals surface area (Å²) >= 11 is 12.1. The first-order chi connectivity index (χ1) is 9.33. The molecule has 0 aromatic heterocycles. The lowest BCUT2D eigenvalue weighted by Gasteiger charge is -2.22. The van der Waals surface area contributed by atoms with Crippen molar-refractivity contribution in [2.75, 3.05) is 13.8 Å². The number of ether oxygens (including phenoxy) is 2. The van der Waals surface area contributed by atoms with Crippen LogP contribution in [0.3, 0.4) is 0 Å². The number of carbonyl (C=O) groups excluding carboxylic acids is 1. The molecule has 2 aliphatic rings. The van der Waals surface area contributed by atoms with E-state index in [1.807, 2.05) is 18.2 Å². The van der Waals surface area contributed by atoms with Gasteiger partial charge in [0, 0.05) is 13.6 Å². The SMILES string of the molecule is CN(Cc1ccc2c(c1)OCO2)C(=O)C1(C)CC1(Cl)Cl. The average Bonchev–Trinajstić information content (AvgIpc) is 2.77. The predicted molar refractivity (Wildman–Crippen MR) is 76.2 cm³/mol. The molecule has 0 spiro atoms. The van der Waals surface area contributed by atoms with Gasteiger partial charge in [0.25, 0.3) is 0 Å². The Morgan fingerprint density at radius 1 is 1.35 bits per heavy atom. The highest BCUT2D eigenvalue weighted by Gasteiger charge is 2.68. The molecular formula is C14H15Cl2NO3. The molecular weight excluding hydrogens is 301 g/mol. The molecule has 108 valence electrons. The molecule has 6 heteroatoms. The fraction of sp³-hybridized carbons (Fsp3) is 0.500. The van der Waals surface area contributed by atoms with E-state index in [-0.39, 0.29) is 12.7 Å². The van der Waals surface area contributed by atoms with Crippen molar-refractivity contribution in [1.29, 1.82) is 0 Å². The molecule has 1 heterocycles. The molecule has 1 aliphatic heterocycles. The first-order valence-electron chi connectivity index (χ1n) is 6.35. The number of carbonyl (C=O) groups is 1. The van der Waals surface area contributed by atoms with Crippen molar-refractivity contribution in [3.05, 3.63) is 23.8 Å². The number of nitrogens with zero attached hydrogens (tertiary/aromatic N) is 1. The van der Waals surface area contributed by atoms with Gasteiger partial charge in [0.1, 0.15) is 4.33 Å². The Bertz CT molecular complexity index is 576. The van der Waals surface area contributed by atoms with Crippen molar-refractivity contribution in [1.82, 2.24) is 4.90 Å². The third kappa shape index (κ3) is 2.11. The Morgan fingerprint density at radius 3 is 2.65 bits per heavy atom. The minimum Gasteiger partial charge on any atom is -0.454 e. The van der Waals surface area contributed by atoms with Gasteiger partial charge in [0.2, 0.25) is 12.7 Å². The van der Waals surface area contributed by atoms with Crippen LogP contribution in [0.1, 0.15) is 18.9 Å². The van der Waals surface area contributed by atoms with Crippen molar-refractivity contribution < 1.29 is 14.3 Å². The second-order valence-electron chi connectivity index (χ2n) is 5.56. The van der Waals surface area contributed by atoms with Crippen LogP contribution in [0.15, 0.2) is 18.2 Å². The third-order valence-corrected chi connectivity index (χ3v) is 5.03. The summed E-state index contributed by atoms with van der Waals surface area (Å²) in [5.74, 6) is 1.41. The van der Waals surface area contributed by atoms with Gasteiger partial charge in [-0.1, -0.05) is 6.07 Å². The average molecular weight is 316 g/mol. The number of halogens is 2. The predicted octanol–water partition coefficient (Wildman–Crippen LogP) is 2.96. The van der Waals surface area contributed by atoms with E-state index in [0.29, 0.717) is 18.7 Å². The van der Waals surface area contributed by atoms with Gasteiger partial charge >= 0.3 is 0 Å². The first kappa shape index (κ1) is 13.8. The monoisotopic (exact) mass is 315 g/mol. The van der Waals surface area contributed by atoms with Crippen LogP contribution in [0, 0.1) is 5.41 Å². The van der Waals surface area contributed by atoms with Crippen molar-refractivity contribution in [3.8, 4) is 11.5 Å². The van der Waals surface area contributed by atoms with Gasteiger partial charge in [0.05, 0.1) is 5.41 Å². The van der Waals surface area contributed by atoms with Gasteiger partial charge in [0.15, 0.2) is 11.5 Å². The second kappa shape index (κ2) is 4.43. The summed E-state index contributed by atoms with van der Waals surface area (Å²) in [7, 11) is 1.75. The second-order valence-corrected chi connectivity index (χ2v) is 7.05. The molecule has 20 heavy (non-hydrogen) atoms. The summed E-state index contributed by atoms with van der Waals surface area (Å²) < 4.78 is 9.65. The van der Waals surface area contributed by atoms with E-state index in [2.05, 4.69) is 0 Å². The smallest absolute Gasteiger partial charge is 0.231 e. The van der Waals surface area contributed by atoms with Crippen LogP contribution >= 0.6 is 23.2 Å². The zero-order valence-electron chi connectivity index (χ0n) is 11.3. The zero-order chi connectivity index (χ0) is 14.5. The van der Waals surface area contributed by atoms with Gasteiger partial charge < -0.3 is 14.4 Å². The standard InChI is InChI=1S/C14H15Cl2NO3/c1-13(7-14(13,15)16)12(18)17(2)6-9-3-4-10-11(5-9)20-8-19-10/h3-5H,6-8H2,1-2H3. The Hall–Kier alpha value is -1.13. The highest BCUT2D eigenvalue weighted by atomic mass is 35.5. The Morgan fingerprint density at radius 2 is 2.00 bits per heavy atom. The van der Waals surface area contributed by atoms with Gasteiger partial charge in [-0.3, -0.25) is 4.79 Å². The summed E-state index contributed by atoms with van der Waals surface area (Å²) in [6.45, 7) is 2.52. The number of hydrogen-bond donors (Lipinski definition) is 0. The van der Waals surface area contributed by atoms with Gasteiger partial charge in [-0.2, -0.15) is 0 Å². The van der Waals surface area contributed by atoms with E-state index in [1.165, 1.54) is 0 Å². The molecule has 3 rings (SSSR count). The van der Waals surface area contributed by atoms with Crippen molar-refractivity contribution in [3.63, 3.8) is 0 Å². The van der Waals surface area contributed by atoms with E-state index >= 15 is 0 Å². The molecule has 0 N–H and O–H groups in total. The number of rotatable bonds is 3. The molecule has 0 bridgehead atoms. The minimum atomic E-state index is -0.937. The normalized spacial score (nSPS) is 25.4. The lowest BCUT2D eigenvalue weighted by molar-refractivity contribution is -0.135. The summed E-state index contributed by atoms with van der Waals surface area (Å²) in [6.07, 6.45) is 0.493. The Kier molecular flexibility index (Phi) is 3.07. The van der Waals surface area contributed by atoms with E-state index in [4.69, 9.17) is 32.7 Å². The van der Waals surface area contributed by atoms with Crippen LogP contribution in [0.4, 0.5) is 0 Å². The summed E-state index contributed by atoms with van der Waals surface area (Å²) in [5, 5.41) is 0. The van der Waals surface area contributed by atoms with Crippen LogP contribution in [0.2, 0.25) is 0 Å². The lowest BCUT2D eigenvalue weighted by Crippen LogP contribution is -2.34. The minimum absolute atomic E-state index is 0.0415. The lowest BCUT2D eigenvalue weighted by atomic mass is 10.1. The van der Waals surface area contributed by atoms with E-state index in [9.17, 15) is 4.79 Å². The summed E-state index contributed by atoms with van der Waals surface area (Å²) in [6, 6.07) is 5.65. The fourth-order valence-corrected chi connectivity index (χ4v) is 3.13. The van der Waals surface area contributed by atoms with E-state index < -0.39 is 9.75 Å². The molecule has 1 atom stereocenters. The van der Waals surface area contributed by atoms with Crippen LogP contribution in [-0.4, -0.2) is 29.0 Å². The van der Waals surface area contributed by atoms with E-state index in [0.717, 1.165) is 11.3 Å². The maximum atomic E-state index is 12.4. The van der Waals surface area contributed by atoms with Crippen LogP contribution in [-0.2, 0) is 11.3 Å². The van der Waals surface area contributed by atoms with Gasteiger partial charge in [-0.15, -0.1) is 23.2 Å². The topological polar surface area (TPSA) is 38.8 Å².